The lowest BCUT2D eigenvalue weighted by molar-refractivity contribution is 0.218. The van der Waals surface area contributed by atoms with Crippen LogP contribution in [0.1, 0.15) is 93.8 Å². The Labute approximate surface area is 181 Å². The zero-order chi connectivity index (χ0) is 19.8. The Kier molecular flexibility index (Phi) is 9.57. The van der Waals surface area contributed by atoms with Crippen molar-refractivity contribution in [1.82, 2.24) is 0 Å². The average molecular weight is 423 g/mol. The lowest BCUT2D eigenvalue weighted by Gasteiger charge is -2.37. The molecular weight excluding hydrogens is 383 g/mol. The van der Waals surface area contributed by atoms with Gasteiger partial charge >= 0.3 is 0 Å². The summed E-state index contributed by atoms with van der Waals surface area (Å²) >= 11 is 4.13. The first-order chi connectivity index (χ1) is 13.7. The number of halogens is 1. The molecule has 0 unspecified atom stereocenters. The molecule has 1 aromatic carbocycles. The predicted molar refractivity (Wildman–Crippen MR) is 126 cm³/mol. The second kappa shape index (κ2) is 11.9. The summed E-state index contributed by atoms with van der Waals surface area (Å²) in [7, 11) is 0. The molecule has 158 valence electrons. The van der Waals surface area contributed by atoms with Crippen LogP contribution >= 0.6 is 23.5 Å². The van der Waals surface area contributed by atoms with E-state index in [4.69, 9.17) is 0 Å². The molecule has 1 aliphatic carbocycles. The fourth-order valence-corrected chi connectivity index (χ4v) is 8.20. The summed E-state index contributed by atoms with van der Waals surface area (Å²) in [6.07, 6.45) is 14.6. The largest absolute Gasteiger partial charge is 0.207 e. The summed E-state index contributed by atoms with van der Waals surface area (Å²) in [5, 5.41) is 0. The Bertz CT molecular complexity index is 572. The van der Waals surface area contributed by atoms with Crippen molar-refractivity contribution in [3.8, 4) is 0 Å². The molecule has 1 heterocycles. The van der Waals surface area contributed by atoms with Gasteiger partial charge in [-0.25, -0.2) is 4.39 Å². The number of rotatable bonds is 9. The third kappa shape index (κ3) is 6.42. The van der Waals surface area contributed by atoms with Crippen molar-refractivity contribution >= 4 is 23.5 Å². The van der Waals surface area contributed by atoms with E-state index >= 15 is 0 Å². The van der Waals surface area contributed by atoms with Crippen molar-refractivity contribution in [3.05, 3.63) is 35.1 Å². The van der Waals surface area contributed by atoms with Gasteiger partial charge in [0.1, 0.15) is 5.82 Å². The number of hydrogen-bond acceptors (Lipinski definition) is 2. The Morgan fingerprint density at radius 3 is 2.25 bits per heavy atom. The highest BCUT2D eigenvalue weighted by atomic mass is 32.2. The first-order valence-electron chi connectivity index (χ1n) is 11.7. The van der Waals surface area contributed by atoms with Gasteiger partial charge in [0.15, 0.2) is 0 Å². The molecule has 0 amide bonds. The number of aryl methyl sites for hydroxylation is 1. The molecule has 0 atom stereocenters. The van der Waals surface area contributed by atoms with Gasteiger partial charge in [0.05, 0.1) is 4.58 Å². The van der Waals surface area contributed by atoms with Crippen molar-refractivity contribution in [2.75, 3.05) is 11.5 Å². The molecule has 0 N–H and O–H groups in total. The highest BCUT2D eigenvalue weighted by Gasteiger charge is 2.32. The van der Waals surface area contributed by atoms with Crippen molar-refractivity contribution < 1.29 is 4.39 Å². The van der Waals surface area contributed by atoms with Gasteiger partial charge in [-0.3, -0.25) is 0 Å². The minimum atomic E-state index is 0.00988. The molecule has 3 rings (SSSR count). The third-order valence-corrected chi connectivity index (χ3v) is 10.1. The summed E-state index contributed by atoms with van der Waals surface area (Å²) in [6.45, 7) is 4.47. The van der Waals surface area contributed by atoms with E-state index < -0.39 is 0 Å². The fourth-order valence-electron chi connectivity index (χ4n) is 4.89. The topological polar surface area (TPSA) is 0 Å². The van der Waals surface area contributed by atoms with E-state index in [0.717, 1.165) is 42.6 Å². The van der Waals surface area contributed by atoms with Crippen molar-refractivity contribution in [2.24, 2.45) is 17.8 Å². The zero-order valence-electron chi connectivity index (χ0n) is 17.9. The van der Waals surface area contributed by atoms with Crippen LogP contribution in [0.25, 0.3) is 0 Å². The molecule has 2 fully saturated rings. The van der Waals surface area contributed by atoms with Gasteiger partial charge in [-0.1, -0.05) is 70.9 Å². The summed E-state index contributed by atoms with van der Waals surface area (Å²) in [5.74, 6) is 5.36. The molecule has 0 spiro atoms. The van der Waals surface area contributed by atoms with Gasteiger partial charge in [0, 0.05) is 0 Å². The van der Waals surface area contributed by atoms with E-state index in [1.807, 2.05) is 12.1 Å². The zero-order valence-corrected chi connectivity index (χ0v) is 19.6. The van der Waals surface area contributed by atoms with Crippen molar-refractivity contribution in [3.63, 3.8) is 0 Å². The van der Waals surface area contributed by atoms with E-state index in [2.05, 4.69) is 43.4 Å². The molecule has 28 heavy (non-hydrogen) atoms. The maximum atomic E-state index is 14.4. The molecule has 2 aliphatic rings. The highest BCUT2D eigenvalue weighted by molar-refractivity contribution is 8.16. The van der Waals surface area contributed by atoms with Crippen LogP contribution in [0.2, 0.25) is 0 Å². The second-order valence-electron chi connectivity index (χ2n) is 8.99. The molecule has 1 aromatic rings. The number of unbranched alkanes of at least 4 members (excludes halogenated alkanes) is 3. The quantitative estimate of drug-likeness (QED) is 0.365. The van der Waals surface area contributed by atoms with Gasteiger partial charge in [0.25, 0.3) is 0 Å². The molecule has 1 saturated heterocycles. The fraction of sp³-hybridized carbons (Fsp3) is 0.760. The Balaban J connectivity index is 1.43. The Morgan fingerprint density at radius 2 is 1.61 bits per heavy atom. The van der Waals surface area contributed by atoms with E-state index in [-0.39, 0.29) is 5.82 Å². The van der Waals surface area contributed by atoms with Crippen molar-refractivity contribution in [2.45, 2.75) is 89.1 Å². The number of benzene rings is 1. The predicted octanol–water partition coefficient (Wildman–Crippen LogP) is 8.65. The van der Waals surface area contributed by atoms with Crippen LogP contribution in [0.3, 0.4) is 0 Å². The van der Waals surface area contributed by atoms with E-state index in [1.54, 1.807) is 0 Å². The molecule has 0 nitrogen and oxygen atoms in total. The second-order valence-corrected chi connectivity index (χ2v) is 11.6. The standard InChI is InChI=1S/C25H39FS2/c1-3-5-7-8-19-10-12-20(13-11-19)23-17-27-25(28-18-23)22-15-14-21(9-6-4-2)24(26)16-22/h14-16,19-20,23,25H,3-13,17-18H2,1-2H3/t19-,20-,23?,25?. The summed E-state index contributed by atoms with van der Waals surface area (Å²) in [6, 6.07) is 6.03. The highest BCUT2D eigenvalue weighted by Crippen LogP contribution is 2.49. The van der Waals surface area contributed by atoms with Gasteiger partial charge < -0.3 is 0 Å². The SMILES string of the molecule is CCCCC[C@H]1CC[C@H](C2CSC(c3ccc(CCCC)c(F)c3)SC2)CC1. The molecule has 3 heteroatoms. The minimum absolute atomic E-state index is 0.00988. The van der Waals surface area contributed by atoms with Crippen LogP contribution in [0, 0.1) is 23.6 Å². The van der Waals surface area contributed by atoms with E-state index in [1.165, 1.54) is 68.4 Å². The lowest BCUT2D eigenvalue weighted by Crippen LogP contribution is -2.27. The Hall–Kier alpha value is -0.150. The van der Waals surface area contributed by atoms with Crippen LogP contribution in [-0.4, -0.2) is 11.5 Å². The minimum Gasteiger partial charge on any atom is -0.207 e. The summed E-state index contributed by atoms with van der Waals surface area (Å²) in [5.41, 5.74) is 2.08. The van der Waals surface area contributed by atoms with Crippen LogP contribution in [0.5, 0.6) is 0 Å². The molecular formula is C25H39FS2. The Morgan fingerprint density at radius 1 is 0.893 bits per heavy atom. The van der Waals surface area contributed by atoms with Gasteiger partial charge in [-0.05, 0) is 72.1 Å². The maximum absolute atomic E-state index is 14.4. The summed E-state index contributed by atoms with van der Waals surface area (Å²) in [4.78, 5) is 0. The third-order valence-electron chi connectivity index (χ3n) is 6.85. The first-order valence-corrected chi connectivity index (χ1v) is 13.8. The summed E-state index contributed by atoms with van der Waals surface area (Å²) < 4.78 is 14.9. The van der Waals surface area contributed by atoms with Crippen molar-refractivity contribution in [1.29, 1.82) is 0 Å². The molecule has 1 aliphatic heterocycles. The molecule has 0 bridgehead atoms. The van der Waals surface area contributed by atoms with Gasteiger partial charge in [0.2, 0.25) is 0 Å². The smallest absolute Gasteiger partial charge is 0.126 e. The molecule has 1 saturated carbocycles. The van der Waals surface area contributed by atoms with E-state index in [0.29, 0.717) is 4.58 Å². The van der Waals surface area contributed by atoms with Crippen LogP contribution in [0.15, 0.2) is 18.2 Å². The monoisotopic (exact) mass is 422 g/mol. The number of hydrogen-bond donors (Lipinski definition) is 0. The number of thioether (sulfide) groups is 2. The van der Waals surface area contributed by atoms with Gasteiger partial charge in [-0.15, -0.1) is 23.5 Å². The average Bonchev–Trinajstić information content (AvgIpc) is 2.74. The maximum Gasteiger partial charge on any atom is 0.126 e. The lowest BCUT2D eigenvalue weighted by atomic mass is 9.75. The molecule has 0 radical (unpaired) electrons. The first kappa shape index (κ1) is 22.5. The van der Waals surface area contributed by atoms with E-state index in [9.17, 15) is 4.39 Å². The van der Waals surface area contributed by atoms with Crippen LogP contribution in [-0.2, 0) is 6.42 Å². The molecule has 0 aromatic heterocycles. The van der Waals surface area contributed by atoms with Gasteiger partial charge in [-0.2, -0.15) is 0 Å². The van der Waals surface area contributed by atoms with Crippen LogP contribution < -0.4 is 0 Å². The normalized spacial score (nSPS) is 28.4. The van der Waals surface area contributed by atoms with Crippen LogP contribution in [0.4, 0.5) is 4.39 Å².